The van der Waals surface area contributed by atoms with Crippen molar-refractivity contribution < 1.29 is 24.5 Å². The topological polar surface area (TPSA) is 81.2 Å². The molecule has 4 rings (SSSR count). The molecule has 132 valence electrons. The molecule has 0 aromatic rings. The number of esters is 1. The quantitative estimate of drug-likeness (QED) is 0.574. The molecule has 0 bridgehead atoms. The summed E-state index contributed by atoms with van der Waals surface area (Å²) in [6, 6.07) is -0.257. The van der Waals surface area contributed by atoms with Gasteiger partial charge in [0.05, 0.1) is 6.54 Å². The maximum absolute atomic E-state index is 12.4. The number of carbonyl (C=O) groups excluding carboxylic acids is 2. The maximum Gasteiger partial charge on any atom is 0.315 e. The van der Waals surface area contributed by atoms with E-state index < -0.39 is 0 Å². The van der Waals surface area contributed by atoms with Gasteiger partial charge in [-0.3, -0.25) is 14.4 Å². The molecule has 0 radical (unpaired) electrons. The van der Waals surface area contributed by atoms with E-state index in [0.717, 1.165) is 6.42 Å². The second kappa shape index (κ2) is 5.85. The minimum Gasteiger partial charge on any atom is -0.461 e. The Morgan fingerprint density at radius 2 is 2.25 bits per heavy atom. The smallest absolute Gasteiger partial charge is 0.315 e. The van der Waals surface area contributed by atoms with E-state index in [-0.39, 0.29) is 41.3 Å². The van der Waals surface area contributed by atoms with Crippen molar-refractivity contribution in [2.75, 3.05) is 13.2 Å². The molecule has 4 aliphatic rings. The van der Waals surface area contributed by atoms with Crippen LogP contribution in [0, 0.1) is 23.2 Å². The van der Waals surface area contributed by atoms with Crippen molar-refractivity contribution in [2.24, 2.45) is 23.2 Å². The van der Waals surface area contributed by atoms with E-state index in [2.05, 4.69) is 25.4 Å². The molecule has 6 heteroatoms. The van der Waals surface area contributed by atoms with Gasteiger partial charge >= 0.3 is 11.9 Å². The molecule has 2 heterocycles. The molecule has 0 spiro atoms. The number of rotatable bonds is 3. The Hall–Kier alpha value is -1.40. The highest BCUT2D eigenvalue weighted by molar-refractivity contribution is 5.80. The largest absolute Gasteiger partial charge is 0.461 e. The Bertz CT molecular complexity index is 590. The van der Waals surface area contributed by atoms with Gasteiger partial charge in [-0.05, 0) is 30.6 Å². The number of carbonyl (C=O) groups is 2. The van der Waals surface area contributed by atoms with Crippen molar-refractivity contribution in [1.29, 1.82) is 0 Å². The van der Waals surface area contributed by atoms with Gasteiger partial charge in [0.1, 0.15) is 18.6 Å². The molecule has 3 N–H and O–H groups in total. The number of quaternary nitrogens is 1. The first-order valence-corrected chi connectivity index (χ1v) is 9.15. The minimum atomic E-state index is -0.257. The lowest BCUT2D eigenvalue weighted by molar-refractivity contribution is -0.679. The fraction of sp³-hybridized carbons (Fsp3) is 0.778. The lowest BCUT2D eigenvalue weighted by Crippen LogP contribution is -2.93. The summed E-state index contributed by atoms with van der Waals surface area (Å²) in [5, 5.41) is 1.92. The van der Waals surface area contributed by atoms with Gasteiger partial charge in [0.15, 0.2) is 6.04 Å². The van der Waals surface area contributed by atoms with Crippen LogP contribution in [-0.2, 0) is 19.2 Å². The molecule has 2 aliphatic carbocycles. The lowest BCUT2D eigenvalue weighted by atomic mass is 9.59. The fourth-order valence-corrected chi connectivity index (χ4v) is 5.16. The molecule has 1 saturated carbocycles. The van der Waals surface area contributed by atoms with Gasteiger partial charge < -0.3 is 10.1 Å². The average molecular weight is 335 g/mol. The number of hydroxylamine groups is 1. The van der Waals surface area contributed by atoms with Crippen molar-refractivity contribution >= 4 is 11.9 Å². The number of fused-ring (bicyclic) bond motifs is 2. The van der Waals surface area contributed by atoms with Crippen LogP contribution in [0.2, 0.25) is 0 Å². The molecule has 0 aromatic carbocycles. The van der Waals surface area contributed by atoms with Crippen molar-refractivity contribution in [3.8, 4) is 0 Å². The van der Waals surface area contributed by atoms with Crippen molar-refractivity contribution in [3.05, 3.63) is 11.6 Å². The lowest BCUT2D eigenvalue weighted by Gasteiger charge is -2.45. The van der Waals surface area contributed by atoms with Crippen LogP contribution in [0.25, 0.3) is 0 Å². The average Bonchev–Trinajstić information content (AvgIpc) is 3.05. The van der Waals surface area contributed by atoms with E-state index in [4.69, 9.17) is 9.57 Å². The van der Waals surface area contributed by atoms with E-state index in [1.165, 1.54) is 24.8 Å². The Labute approximate surface area is 142 Å². The first-order chi connectivity index (χ1) is 11.5. The highest BCUT2D eigenvalue weighted by Gasteiger charge is 2.52. The predicted molar refractivity (Wildman–Crippen MR) is 85.4 cm³/mol. The van der Waals surface area contributed by atoms with Crippen LogP contribution in [0.3, 0.4) is 0 Å². The van der Waals surface area contributed by atoms with Crippen LogP contribution < -0.4 is 10.8 Å². The van der Waals surface area contributed by atoms with Crippen LogP contribution in [0.1, 0.15) is 39.5 Å². The summed E-state index contributed by atoms with van der Waals surface area (Å²) >= 11 is 0. The second-order valence-electron chi connectivity index (χ2n) is 8.19. The third-order valence-corrected chi connectivity index (χ3v) is 6.53. The highest BCUT2D eigenvalue weighted by atomic mass is 16.7. The Morgan fingerprint density at radius 3 is 3.00 bits per heavy atom. The molecular weight excluding hydrogens is 308 g/mol. The summed E-state index contributed by atoms with van der Waals surface area (Å²) in [5.74, 6) is 0.372. The van der Waals surface area contributed by atoms with Gasteiger partial charge in [-0.1, -0.05) is 31.9 Å². The first kappa shape index (κ1) is 16.1. The zero-order chi connectivity index (χ0) is 16.9. The summed E-state index contributed by atoms with van der Waals surface area (Å²) in [5.41, 5.74) is 4.08. The standard InChI is InChI=1S/C18H26N2O4/c1-10-4-3-5-18(2)7-15-11(6-13(10)18)12(17(22)24-15)8-19-14-9-23-20-16(14)21/h6,10-12,14-15,19H,3-5,7-9H2,1-2H3,(H,20,21)/p+1/t10-,11+,12-,14+,15+,18+/m0/s1. The molecule has 0 aromatic heterocycles. The first-order valence-electron chi connectivity index (χ1n) is 9.15. The normalized spacial score (nSPS) is 44.4. The van der Waals surface area contributed by atoms with E-state index in [1.54, 1.807) is 0 Å². The fourth-order valence-electron chi connectivity index (χ4n) is 5.16. The van der Waals surface area contributed by atoms with Gasteiger partial charge in [-0.15, -0.1) is 0 Å². The summed E-state index contributed by atoms with van der Waals surface area (Å²) in [4.78, 5) is 29.0. The zero-order valence-corrected chi connectivity index (χ0v) is 14.4. The monoisotopic (exact) mass is 335 g/mol. The molecule has 24 heavy (non-hydrogen) atoms. The molecular formula is C18H27N2O4+. The van der Waals surface area contributed by atoms with E-state index >= 15 is 0 Å². The SMILES string of the molecule is C[C@H]1CCC[C@]2(C)C[C@H]3OC(=O)[C@@H](C[NH2+][C@@H]4CONC4=O)[C@H]3C=C12. The maximum atomic E-state index is 12.4. The van der Waals surface area contributed by atoms with Crippen LogP contribution >= 0.6 is 0 Å². The van der Waals surface area contributed by atoms with E-state index in [9.17, 15) is 9.59 Å². The Balaban J connectivity index is 1.52. The minimum absolute atomic E-state index is 0.00334. The summed E-state index contributed by atoms with van der Waals surface area (Å²) in [6.45, 7) is 5.57. The van der Waals surface area contributed by atoms with Crippen LogP contribution in [0.5, 0.6) is 0 Å². The van der Waals surface area contributed by atoms with E-state index in [0.29, 0.717) is 19.1 Å². The zero-order valence-electron chi connectivity index (χ0n) is 14.4. The summed E-state index contributed by atoms with van der Waals surface area (Å²) < 4.78 is 5.73. The van der Waals surface area contributed by atoms with Crippen molar-refractivity contribution in [1.82, 2.24) is 5.48 Å². The Morgan fingerprint density at radius 1 is 1.42 bits per heavy atom. The van der Waals surface area contributed by atoms with Crippen molar-refractivity contribution in [3.63, 3.8) is 0 Å². The number of amides is 1. The van der Waals surface area contributed by atoms with Gasteiger partial charge in [-0.2, -0.15) is 0 Å². The molecule has 6 atom stereocenters. The summed E-state index contributed by atoms with van der Waals surface area (Å²) in [6.07, 6.45) is 7.00. The van der Waals surface area contributed by atoms with Gasteiger partial charge in [0.25, 0.3) is 0 Å². The number of ether oxygens (including phenoxy) is 1. The van der Waals surface area contributed by atoms with Crippen LogP contribution in [0.4, 0.5) is 0 Å². The molecule has 2 saturated heterocycles. The van der Waals surface area contributed by atoms with Gasteiger partial charge in [0.2, 0.25) is 0 Å². The molecule has 6 nitrogen and oxygen atoms in total. The van der Waals surface area contributed by atoms with Crippen LogP contribution in [0.15, 0.2) is 11.6 Å². The predicted octanol–water partition coefficient (Wildman–Crippen LogP) is 0.294. The molecule has 1 amide bonds. The van der Waals surface area contributed by atoms with Gasteiger partial charge in [-0.25, -0.2) is 5.48 Å². The number of hydrogen-bond donors (Lipinski definition) is 2. The number of nitrogens with one attached hydrogen (secondary N) is 1. The number of hydrogen-bond acceptors (Lipinski definition) is 4. The highest BCUT2D eigenvalue weighted by Crippen LogP contribution is 2.53. The second-order valence-corrected chi connectivity index (χ2v) is 8.19. The van der Waals surface area contributed by atoms with Crippen molar-refractivity contribution in [2.45, 2.75) is 51.7 Å². The van der Waals surface area contributed by atoms with E-state index in [1.807, 2.05) is 5.32 Å². The van der Waals surface area contributed by atoms with Crippen LogP contribution in [-0.4, -0.2) is 37.2 Å². The van der Waals surface area contributed by atoms with Gasteiger partial charge in [0, 0.05) is 5.92 Å². The molecule has 0 unspecified atom stereocenters. The number of nitrogens with two attached hydrogens (primary N) is 1. The molecule has 2 aliphatic heterocycles. The number of allylic oxidation sites excluding steroid dienone is 1. The third-order valence-electron chi connectivity index (χ3n) is 6.53. The summed E-state index contributed by atoms with van der Waals surface area (Å²) in [7, 11) is 0. The third kappa shape index (κ3) is 2.56. The Kier molecular flexibility index (Phi) is 3.92. The molecule has 3 fully saturated rings.